The highest BCUT2D eigenvalue weighted by molar-refractivity contribution is 5.90. The van der Waals surface area contributed by atoms with E-state index in [9.17, 15) is 4.79 Å². The SMILES string of the molecule is CCC(=O)Nc1ccccc1.c1ccc2cnccc2c1. The normalized spacial score (nSPS) is 9.57. The second-order valence-electron chi connectivity index (χ2n) is 4.49. The fraction of sp³-hybridized carbons (Fsp3) is 0.111. The fourth-order valence-electron chi connectivity index (χ4n) is 1.80. The Balaban J connectivity index is 0.000000154. The Labute approximate surface area is 124 Å². The van der Waals surface area contributed by atoms with Crippen molar-refractivity contribution in [2.45, 2.75) is 13.3 Å². The van der Waals surface area contributed by atoms with Gasteiger partial charge < -0.3 is 5.32 Å². The van der Waals surface area contributed by atoms with Gasteiger partial charge in [-0.3, -0.25) is 9.78 Å². The summed E-state index contributed by atoms with van der Waals surface area (Å²) >= 11 is 0. The zero-order valence-electron chi connectivity index (χ0n) is 12.0. The number of hydrogen-bond donors (Lipinski definition) is 1. The quantitative estimate of drug-likeness (QED) is 0.760. The first kappa shape index (κ1) is 14.7. The first-order chi connectivity index (χ1) is 10.3. The maximum Gasteiger partial charge on any atom is 0.224 e. The fourth-order valence-corrected chi connectivity index (χ4v) is 1.80. The number of benzene rings is 2. The molecule has 0 aliphatic carbocycles. The van der Waals surface area contributed by atoms with Crippen molar-refractivity contribution in [3.05, 3.63) is 73.1 Å². The molecule has 0 saturated carbocycles. The minimum atomic E-state index is 0.0520. The van der Waals surface area contributed by atoms with Gasteiger partial charge in [0.1, 0.15) is 0 Å². The van der Waals surface area contributed by atoms with Crippen molar-refractivity contribution in [3.8, 4) is 0 Å². The summed E-state index contributed by atoms with van der Waals surface area (Å²) in [5.74, 6) is 0.0520. The predicted molar refractivity (Wildman–Crippen MR) is 87.1 cm³/mol. The molecule has 3 aromatic rings. The lowest BCUT2D eigenvalue weighted by Crippen LogP contribution is -2.08. The summed E-state index contributed by atoms with van der Waals surface area (Å²) in [5.41, 5.74) is 0.861. The molecule has 0 unspecified atom stereocenters. The predicted octanol–water partition coefficient (Wildman–Crippen LogP) is 4.27. The van der Waals surface area contributed by atoms with E-state index in [1.807, 2.05) is 67.8 Å². The van der Waals surface area contributed by atoms with Gasteiger partial charge in [0.25, 0.3) is 0 Å². The van der Waals surface area contributed by atoms with Crippen LogP contribution in [0, 0.1) is 0 Å². The van der Waals surface area contributed by atoms with Gasteiger partial charge in [-0.2, -0.15) is 0 Å². The van der Waals surface area contributed by atoms with E-state index in [2.05, 4.69) is 22.4 Å². The number of nitrogens with one attached hydrogen (secondary N) is 1. The number of para-hydroxylation sites is 1. The van der Waals surface area contributed by atoms with Crippen LogP contribution in [-0.4, -0.2) is 10.9 Å². The summed E-state index contributed by atoms with van der Waals surface area (Å²) in [6.45, 7) is 1.83. The highest BCUT2D eigenvalue weighted by atomic mass is 16.1. The van der Waals surface area contributed by atoms with Gasteiger partial charge in [-0.25, -0.2) is 0 Å². The van der Waals surface area contributed by atoms with Gasteiger partial charge >= 0.3 is 0 Å². The van der Waals surface area contributed by atoms with E-state index in [0.29, 0.717) is 6.42 Å². The third kappa shape index (κ3) is 4.73. The lowest BCUT2D eigenvalue weighted by Gasteiger charge is -2.00. The van der Waals surface area contributed by atoms with Crippen molar-refractivity contribution in [3.63, 3.8) is 0 Å². The Kier molecular flexibility index (Phi) is 5.47. The largest absolute Gasteiger partial charge is 0.326 e. The smallest absolute Gasteiger partial charge is 0.224 e. The average molecular weight is 278 g/mol. The van der Waals surface area contributed by atoms with Crippen LogP contribution >= 0.6 is 0 Å². The number of nitrogens with zero attached hydrogens (tertiary/aromatic N) is 1. The molecule has 0 bridgehead atoms. The van der Waals surface area contributed by atoms with Gasteiger partial charge in [-0.05, 0) is 29.0 Å². The number of fused-ring (bicyclic) bond motifs is 1. The number of anilines is 1. The Morgan fingerprint density at radius 1 is 0.952 bits per heavy atom. The molecule has 1 heterocycles. The Bertz CT molecular complexity index is 630. The molecule has 0 aliphatic heterocycles. The van der Waals surface area contributed by atoms with E-state index in [4.69, 9.17) is 0 Å². The van der Waals surface area contributed by atoms with E-state index in [-0.39, 0.29) is 5.91 Å². The van der Waals surface area contributed by atoms with Gasteiger partial charge in [-0.1, -0.05) is 49.4 Å². The number of carbonyl (C=O) groups excluding carboxylic acids is 1. The monoisotopic (exact) mass is 278 g/mol. The van der Waals surface area contributed by atoms with E-state index in [1.54, 1.807) is 0 Å². The van der Waals surface area contributed by atoms with Crippen molar-refractivity contribution >= 4 is 22.4 Å². The second kappa shape index (κ2) is 7.80. The number of rotatable bonds is 2. The molecule has 0 fully saturated rings. The van der Waals surface area contributed by atoms with E-state index < -0.39 is 0 Å². The van der Waals surface area contributed by atoms with Gasteiger partial charge in [0.15, 0.2) is 0 Å². The van der Waals surface area contributed by atoms with Crippen molar-refractivity contribution < 1.29 is 4.79 Å². The number of pyridine rings is 1. The van der Waals surface area contributed by atoms with Crippen molar-refractivity contribution in [1.29, 1.82) is 0 Å². The van der Waals surface area contributed by atoms with E-state index >= 15 is 0 Å². The molecule has 3 nitrogen and oxygen atoms in total. The number of carbonyl (C=O) groups is 1. The molecule has 0 aliphatic rings. The molecule has 1 amide bonds. The van der Waals surface area contributed by atoms with Crippen LogP contribution in [0.15, 0.2) is 73.1 Å². The molecule has 0 atom stereocenters. The van der Waals surface area contributed by atoms with Crippen LogP contribution < -0.4 is 5.32 Å². The molecule has 3 heteroatoms. The molecule has 3 rings (SSSR count). The summed E-state index contributed by atoms with van der Waals surface area (Å²) in [6.07, 6.45) is 4.20. The second-order valence-corrected chi connectivity index (χ2v) is 4.49. The molecule has 1 aromatic heterocycles. The summed E-state index contributed by atoms with van der Waals surface area (Å²) < 4.78 is 0. The van der Waals surface area contributed by atoms with Gasteiger partial charge in [-0.15, -0.1) is 0 Å². The summed E-state index contributed by atoms with van der Waals surface area (Å²) in [4.78, 5) is 14.9. The molecule has 2 aromatic carbocycles. The summed E-state index contributed by atoms with van der Waals surface area (Å²) in [6, 6.07) is 19.6. The van der Waals surface area contributed by atoms with Crippen LogP contribution in [0.25, 0.3) is 10.8 Å². The maximum atomic E-state index is 10.9. The highest BCUT2D eigenvalue weighted by Gasteiger charge is 1.95. The molecular formula is C18H18N2O. The molecule has 0 radical (unpaired) electrons. The van der Waals surface area contributed by atoms with Gasteiger partial charge in [0.05, 0.1) is 0 Å². The third-order valence-corrected chi connectivity index (χ3v) is 2.93. The standard InChI is InChI=1S/C9H11NO.C9H7N/c1-2-9(11)10-8-6-4-3-5-7-8;1-2-4-9-7-10-6-5-8(9)3-1/h3-7H,2H2,1H3,(H,10,11);1-7H. The maximum absolute atomic E-state index is 10.9. The van der Waals surface area contributed by atoms with Crippen molar-refractivity contribution in [1.82, 2.24) is 4.98 Å². The molecule has 106 valence electrons. The van der Waals surface area contributed by atoms with Gasteiger partial charge in [0.2, 0.25) is 5.91 Å². The van der Waals surface area contributed by atoms with Crippen LogP contribution in [0.5, 0.6) is 0 Å². The molecule has 0 spiro atoms. The number of hydrogen-bond acceptors (Lipinski definition) is 2. The Morgan fingerprint density at radius 3 is 2.29 bits per heavy atom. The zero-order chi connectivity index (χ0) is 14.9. The topological polar surface area (TPSA) is 42.0 Å². The van der Waals surface area contributed by atoms with Crippen LogP contribution in [0.4, 0.5) is 5.69 Å². The third-order valence-electron chi connectivity index (χ3n) is 2.93. The van der Waals surface area contributed by atoms with Crippen LogP contribution in [0.2, 0.25) is 0 Å². The number of amides is 1. The minimum absolute atomic E-state index is 0.0520. The summed E-state index contributed by atoms with van der Waals surface area (Å²) in [7, 11) is 0. The first-order valence-corrected chi connectivity index (χ1v) is 6.93. The lowest BCUT2D eigenvalue weighted by molar-refractivity contribution is -0.115. The van der Waals surface area contributed by atoms with Crippen molar-refractivity contribution in [2.24, 2.45) is 0 Å². The van der Waals surface area contributed by atoms with Crippen LogP contribution in [0.3, 0.4) is 0 Å². The van der Waals surface area contributed by atoms with E-state index in [1.165, 1.54) is 10.8 Å². The molecular weight excluding hydrogens is 260 g/mol. The van der Waals surface area contributed by atoms with Gasteiger partial charge in [0, 0.05) is 24.5 Å². The molecule has 1 N–H and O–H groups in total. The Morgan fingerprint density at radius 2 is 1.62 bits per heavy atom. The molecule has 0 saturated heterocycles. The number of aromatic nitrogens is 1. The average Bonchev–Trinajstić information content (AvgIpc) is 2.56. The Hall–Kier alpha value is -2.68. The summed E-state index contributed by atoms with van der Waals surface area (Å²) in [5, 5.41) is 5.20. The zero-order valence-corrected chi connectivity index (χ0v) is 12.0. The highest BCUT2D eigenvalue weighted by Crippen LogP contribution is 2.09. The van der Waals surface area contributed by atoms with Crippen molar-refractivity contribution in [2.75, 3.05) is 5.32 Å². The minimum Gasteiger partial charge on any atom is -0.326 e. The first-order valence-electron chi connectivity index (χ1n) is 6.93. The molecule has 21 heavy (non-hydrogen) atoms. The van der Waals surface area contributed by atoms with Crippen LogP contribution in [0.1, 0.15) is 13.3 Å². The lowest BCUT2D eigenvalue weighted by atomic mass is 10.2. The van der Waals surface area contributed by atoms with E-state index in [0.717, 1.165) is 5.69 Å². The van der Waals surface area contributed by atoms with Crippen LogP contribution in [-0.2, 0) is 4.79 Å².